The molecule has 1 heterocycles. The minimum Gasteiger partial charge on any atom is -0.253 e. The van der Waals surface area contributed by atoms with Gasteiger partial charge in [0.15, 0.2) is 0 Å². The minimum atomic E-state index is -0.503. The second kappa shape index (κ2) is 5.93. The first-order valence-corrected chi connectivity index (χ1v) is 8.19. The zero-order valence-corrected chi connectivity index (χ0v) is 14.0. The van der Waals surface area contributed by atoms with Crippen LogP contribution in [0, 0.1) is 11.6 Å². The summed E-state index contributed by atoms with van der Waals surface area (Å²) in [6.07, 6.45) is 1.66. The second-order valence-electron chi connectivity index (χ2n) is 6.42. The molecule has 3 aromatic rings. The molecule has 0 saturated carbocycles. The van der Waals surface area contributed by atoms with Crippen molar-refractivity contribution in [2.45, 2.75) is 36.0 Å². The zero-order valence-electron chi connectivity index (χ0n) is 13.2. The van der Waals surface area contributed by atoms with E-state index >= 15 is 0 Å². The summed E-state index contributed by atoms with van der Waals surface area (Å²) in [5, 5.41) is 0.256. The number of aromatic nitrogens is 1. The maximum Gasteiger partial charge on any atom is 0.149 e. The molecular formula is C19H17F2NS. The molecule has 118 valence electrons. The Balaban J connectivity index is 2.32. The molecule has 0 aliphatic rings. The fraction of sp³-hybridized carbons (Fsp3) is 0.211. The molecule has 1 aromatic heterocycles. The largest absolute Gasteiger partial charge is 0.253 e. The van der Waals surface area contributed by atoms with Gasteiger partial charge in [0.1, 0.15) is 17.2 Å². The number of hydrogen-bond acceptors (Lipinski definition) is 2. The molecule has 0 aliphatic heterocycles. The normalized spacial score (nSPS) is 11.9. The Kier molecular flexibility index (Phi) is 4.11. The molecule has 0 spiro atoms. The van der Waals surface area contributed by atoms with E-state index in [0.717, 1.165) is 21.4 Å². The summed E-state index contributed by atoms with van der Waals surface area (Å²) >= 11 is 1.45. The number of pyridine rings is 1. The van der Waals surface area contributed by atoms with Crippen molar-refractivity contribution in [3.05, 3.63) is 65.9 Å². The van der Waals surface area contributed by atoms with E-state index in [1.165, 1.54) is 17.8 Å². The highest BCUT2D eigenvalue weighted by atomic mass is 32.2. The zero-order chi connectivity index (χ0) is 16.6. The number of hydrogen-bond donors (Lipinski definition) is 0. The molecule has 1 nitrogen and oxygen atoms in total. The van der Waals surface area contributed by atoms with Crippen LogP contribution in [0.2, 0.25) is 0 Å². The van der Waals surface area contributed by atoms with E-state index in [2.05, 4.69) is 4.98 Å². The van der Waals surface area contributed by atoms with Gasteiger partial charge in [-0.1, -0.05) is 50.7 Å². The van der Waals surface area contributed by atoms with Crippen molar-refractivity contribution in [2.75, 3.05) is 0 Å². The van der Waals surface area contributed by atoms with Crippen molar-refractivity contribution >= 4 is 22.7 Å². The van der Waals surface area contributed by atoms with Crippen LogP contribution >= 0.6 is 11.8 Å². The quantitative estimate of drug-likeness (QED) is 0.575. The molecule has 0 fully saturated rings. The Morgan fingerprint density at radius 2 is 1.57 bits per heavy atom. The van der Waals surface area contributed by atoms with Crippen LogP contribution in [0.3, 0.4) is 0 Å². The third kappa shape index (κ3) is 3.08. The first-order chi connectivity index (χ1) is 10.9. The number of fused-ring (bicyclic) bond motifs is 1. The molecule has 3 rings (SSSR count). The molecule has 0 bridgehead atoms. The monoisotopic (exact) mass is 329 g/mol. The van der Waals surface area contributed by atoms with Gasteiger partial charge in [-0.05, 0) is 35.2 Å². The lowest BCUT2D eigenvalue weighted by atomic mass is 9.87. The van der Waals surface area contributed by atoms with Gasteiger partial charge < -0.3 is 0 Å². The number of benzene rings is 2. The van der Waals surface area contributed by atoms with Crippen LogP contribution in [0.25, 0.3) is 10.9 Å². The van der Waals surface area contributed by atoms with E-state index in [1.54, 1.807) is 6.20 Å². The molecule has 0 aliphatic carbocycles. The molecule has 4 heteroatoms. The highest BCUT2D eigenvalue weighted by molar-refractivity contribution is 7.99. The Bertz CT molecular complexity index is 855. The van der Waals surface area contributed by atoms with E-state index in [1.807, 2.05) is 51.1 Å². The van der Waals surface area contributed by atoms with Gasteiger partial charge in [-0.15, -0.1) is 0 Å². The van der Waals surface area contributed by atoms with E-state index in [0.29, 0.717) is 0 Å². The fourth-order valence-corrected chi connectivity index (χ4v) is 3.75. The molecule has 0 saturated heterocycles. The van der Waals surface area contributed by atoms with Crippen molar-refractivity contribution in [3.8, 4) is 0 Å². The standard InChI is InChI=1S/C19H17F2NS/c1-19(2,3)13-11-22-17-15(21)10-9-14(20)16(17)18(13)23-12-7-5-4-6-8-12/h4-11H,1-3H3. The third-order valence-electron chi connectivity index (χ3n) is 3.64. The molecule has 23 heavy (non-hydrogen) atoms. The highest BCUT2D eigenvalue weighted by Crippen LogP contribution is 2.41. The maximum atomic E-state index is 14.5. The number of halogens is 2. The fourth-order valence-electron chi connectivity index (χ4n) is 2.45. The third-order valence-corrected chi connectivity index (χ3v) is 4.78. The van der Waals surface area contributed by atoms with Crippen LogP contribution in [0.1, 0.15) is 26.3 Å². The van der Waals surface area contributed by atoms with Gasteiger partial charge in [0.05, 0.1) is 5.39 Å². The molecule has 2 aromatic carbocycles. The molecule has 0 N–H and O–H groups in total. The summed E-state index contributed by atoms with van der Waals surface area (Å²) < 4.78 is 28.6. The van der Waals surface area contributed by atoms with Crippen molar-refractivity contribution in [1.29, 1.82) is 0 Å². The van der Waals surface area contributed by atoms with Gasteiger partial charge in [0.25, 0.3) is 0 Å². The molecule has 0 unspecified atom stereocenters. The average molecular weight is 329 g/mol. The van der Waals surface area contributed by atoms with Gasteiger partial charge in [0.2, 0.25) is 0 Å². The minimum absolute atomic E-state index is 0.0800. The van der Waals surface area contributed by atoms with Gasteiger partial charge in [-0.3, -0.25) is 4.98 Å². The SMILES string of the molecule is CC(C)(C)c1cnc2c(F)ccc(F)c2c1Sc1ccccc1. The van der Waals surface area contributed by atoms with Crippen molar-refractivity contribution in [3.63, 3.8) is 0 Å². The maximum absolute atomic E-state index is 14.5. The first-order valence-electron chi connectivity index (χ1n) is 7.38. The topological polar surface area (TPSA) is 12.9 Å². The Hall–Kier alpha value is -1.94. The van der Waals surface area contributed by atoms with Crippen LogP contribution in [0.5, 0.6) is 0 Å². The molecule has 0 atom stereocenters. The molecular weight excluding hydrogens is 312 g/mol. The lowest BCUT2D eigenvalue weighted by Crippen LogP contribution is -2.14. The smallest absolute Gasteiger partial charge is 0.149 e. The predicted molar refractivity (Wildman–Crippen MR) is 90.9 cm³/mol. The van der Waals surface area contributed by atoms with Crippen LogP contribution in [-0.4, -0.2) is 4.98 Å². The summed E-state index contributed by atoms with van der Waals surface area (Å²) in [5.41, 5.74) is 0.761. The lowest BCUT2D eigenvalue weighted by molar-refractivity contribution is 0.572. The highest BCUT2D eigenvalue weighted by Gasteiger charge is 2.24. The van der Waals surface area contributed by atoms with Crippen LogP contribution in [-0.2, 0) is 5.41 Å². The molecule has 0 radical (unpaired) electrons. The summed E-state index contributed by atoms with van der Waals surface area (Å²) in [4.78, 5) is 5.89. The first kappa shape index (κ1) is 15.9. The van der Waals surface area contributed by atoms with Gasteiger partial charge in [0, 0.05) is 16.0 Å². The Labute approximate surface area is 138 Å². The summed E-state index contributed by atoms with van der Waals surface area (Å²) in [5.74, 6) is -0.949. The van der Waals surface area contributed by atoms with Gasteiger partial charge in [-0.2, -0.15) is 0 Å². The summed E-state index contributed by atoms with van der Waals surface area (Å²) in [6, 6.07) is 12.0. The predicted octanol–water partition coefficient (Wildman–Crippen LogP) is 5.96. The number of nitrogens with zero attached hydrogens (tertiary/aromatic N) is 1. The average Bonchev–Trinajstić information content (AvgIpc) is 2.51. The van der Waals surface area contributed by atoms with E-state index in [-0.39, 0.29) is 16.3 Å². The lowest BCUT2D eigenvalue weighted by Gasteiger charge is -2.23. The van der Waals surface area contributed by atoms with Gasteiger partial charge in [-0.25, -0.2) is 8.78 Å². The van der Waals surface area contributed by atoms with Crippen LogP contribution in [0.15, 0.2) is 58.5 Å². The van der Waals surface area contributed by atoms with E-state index < -0.39 is 11.6 Å². The summed E-state index contributed by atoms with van der Waals surface area (Å²) in [7, 11) is 0. The van der Waals surface area contributed by atoms with Crippen molar-refractivity contribution in [1.82, 2.24) is 4.98 Å². The number of rotatable bonds is 2. The summed E-state index contributed by atoms with van der Waals surface area (Å²) in [6.45, 7) is 6.13. The Morgan fingerprint density at radius 3 is 2.22 bits per heavy atom. The van der Waals surface area contributed by atoms with Crippen molar-refractivity contribution < 1.29 is 8.78 Å². The Morgan fingerprint density at radius 1 is 0.913 bits per heavy atom. The van der Waals surface area contributed by atoms with Gasteiger partial charge >= 0.3 is 0 Å². The van der Waals surface area contributed by atoms with Crippen molar-refractivity contribution in [2.24, 2.45) is 0 Å². The molecule has 0 amide bonds. The van der Waals surface area contributed by atoms with Crippen LogP contribution < -0.4 is 0 Å². The van der Waals surface area contributed by atoms with E-state index in [4.69, 9.17) is 0 Å². The second-order valence-corrected chi connectivity index (χ2v) is 7.50. The van der Waals surface area contributed by atoms with E-state index in [9.17, 15) is 8.78 Å². The van der Waals surface area contributed by atoms with Crippen LogP contribution in [0.4, 0.5) is 8.78 Å².